The molecule has 0 nitrogen and oxygen atoms in total. The standard InChI is InChI=1S/C12H13BrS/c1-3-11-10(7-13)9-6-8(2)4-5-12(9)14-11/h4-6H,3,7H2,1-2H3. The molecule has 0 unspecified atom stereocenters. The maximum absolute atomic E-state index is 3.58. The zero-order valence-electron chi connectivity index (χ0n) is 8.43. The molecule has 0 spiro atoms. The van der Waals surface area contributed by atoms with Gasteiger partial charge in [0.15, 0.2) is 0 Å². The van der Waals surface area contributed by atoms with Crippen LogP contribution < -0.4 is 0 Å². The molecule has 74 valence electrons. The first-order valence-corrected chi connectivity index (χ1v) is 6.77. The van der Waals surface area contributed by atoms with Crippen molar-refractivity contribution in [1.82, 2.24) is 0 Å². The minimum atomic E-state index is 0.972. The summed E-state index contributed by atoms with van der Waals surface area (Å²) in [6, 6.07) is 6.72. The first-order chi connectivity index (χ1) is 6.76. The maximum Gasteiger partial charge on any atom is 0.0349 e. The number of aryl methyl sites for hydroxylation is 2. The second kappa shape index (κ2) is 4.03. The third-order valence-corrected chi connectivity index (χ3v) is 4.40. The Kier molecular flexibility index (Phi) is 2.93. The van der Waals surface area contributed by atoms with Crippen molar-refractivity contribution in [3.63, 3.8) is 0 Å². The van der Waals surface area contributed by atoms with Crippen LogP contribution in [0.2, 0.25) is 0 Å². The molecule has 0 amide bonds. The van der Waals surface area contributed by atoms with Crippen LogP contribution in [-0.2, 0) is 11.8 Å². The largest absolute Gasteiger partial charge is 0.140 e. The molecule has 0 saturated carbocycles. The van der Waals surface area contributed by atoms with Gasteiger partial charge in [0.05, 0.1) is 0 Å². The molecule has 0 aliphatic rings. The average Bonchev–Trinajstić information content (AvgIpc) is 2.54. The molecule has 0 aliphatic heterocycles. The molecule has 0 fully saturated rings. The topological polar surface area (TPSA) is 0 Å². The van der Waals surface area contributed by atoms with E-state index in [2.05, 4.69) is 48.0 Å². The molecule has 1 aromatic carbocycles. The number of hydrogen-bond donors (Lipinski definition) is 0. The van der Waals surface area contributed by atoms with Crippen molar-refractivity contribution in [2.75, 3.05) is 0 Å². The highest BCUT2D eigenvalue weighted by Gasteiger charge is 2.09. The summed E-state index contributed by atoms with van der Waals surface area (Å²) in [6.45, 7) is 4.38. The van der Waals surface area contributed by atoms with Gasteiger partial charge in [-0.1, -0.05) is 40.5 Å². The van der Waals surface area contributed by atoms with E-state index in [0.29, 0.717) is 0 Å². The van der Waals surface area contributed by atoms with Gasteiger partial charge in [0.2, 0.25) is 0 Å². The zero-order valence-corrected chi connectivity index (χ0v) is 10.8. The van der Waals surface area contributed by atoms with Crippen LogP contribution in [0.1, 0.15) is 22.9 Å². The van der Waals surface area contributed by atoms with Crippen LogP contribution in [-0.4, -0.2) is 0 Å². The number of rotatable bonds is 2. The first-order valence-electron chi connectivity index (χ1n) is 4.83. The number of benzene rings is 1. The van der Waals surface area contributed by atoms with Crippen molar-refractivity contribution < 1.29 is 0 Å². The molecule has 0 aliphatic carbocycles. The Labute approximate surface area is 97.1 Å². The SMILES string of the molecule is CCc1sc2ccc(C)cc2c1CBr. The van der Waals surface area contributed by atoms with E-state index in [9.17, 15) is 0 Å². The van der Waals surface area contributed by atoms with Gasteiger partial charge >= 0.3 is 0 Å². The molecule has 1 heterocycles. The van der Waals surface area contributed by atoms with E-state index in [-0.39, 0.29) is 0 Å². The summed E-state index contributed by atoms with van der Waals surface area (Å²) < 4.78 is 1.42. The summed E-state index contributed by atoms with van der Waals surface area (Å²) in [5.74, 6) is 0. The molecule has 0 radical (unpaired) electrons. The van der Waals surface area contributed by atoms with Crippen LogP contribution in [0.25, 0.3) is 10.1 Å². The summed E-state index contributed by atoms with van der Waals surface area (Å²) in [4.78, 5) is 1.52. The van der Waals surface area contributed by atoms with Crippen LogP contribution in [0.5, 0.6) is 0 Å². The van der Waals surface area contributed by atoms with Crippen molar-refractivity contribution in [2.45, 2.75) is 25.6 Å². The normalized spacial score (nSPS) is 11.1. The molecule has 0 atom stereocenters. The van der Waals surface area contributed by atoms with Crippen molar-refractivity contribution in [3.8, 4) is 0 Å². The van der Waals surface area contributed by atoms with Gasteiger partial charge in [-0.25, -0.2) is 0 Å². The number of alkyl halides is 1. The van der Waals surface area contributed by atoms with E-state index in [1.54, 1.807) is 0 Å². The van der Waals surface area contributed by atoms with Crippen LogP contribution in [0.4, 0.5) is 0 Å². The summed E-state index contributed by atoms with van der Waals surface area (Å²) in [6.07, 6.45) is 1.14. The Balaban J connectivity index is 2.74. The van der Waals surface area contributed by atoms with Gasteiger partial charge in [0, 0.05) is 14.9 Å². The van der Waals surface area contributed by atoms with E-state index < -0.39 is 0 Å². The van der Waals surface area contributed by atoms with Gasteiger partial charge in [0.25, 0.3) is 0 Å². The second-order valence-electron chi connectivity index (χ2n) is 3.49. The Hall–Kier alpha value is -0.340. The molecule has 0 bridgehead atoms. The van der Waals surface area contributed by atoms with E-state index in [4.69, 9.17) is 0 Å². The minimum absolute atomic E-state index is 0.972. The van der Waals surface area contributed by atoms with Crippen molar-refractivity contribution in [3.05, 3.63) is 34.2 Å². The molecule has 0 saturated heterocycles. The van der Waals surface area contributed by atoms with Gasteiger partial charge in [-0.15, -0.1) is 11.3 Å². The van der Waals surface area contributed by atoms with Crippen molar-refractivity contribution in [2.24, 2.45) is 0 Å². The lowest BCUT2D eigenvalue weighted by molar-refractivity contribution is 1.16. The number of fused-ring (bicyclic) bond motifs is 1. The van der Waals surface area contributed by atoms with Crippen LogP contribution in [0, 0.1) is 6.92 Å². The summed E-state index contributed by atoms with van der Waals surface area (Å²) >= 11 is 5.51. The Bertz CT molecular complexity index is 457. The van der Waals surface area contributed by atoms with E-state index in [0.717, 1.165) is 11.8 Å². The predicted octanol–water partition coefficient (Wildman–Crippen LogP) is 4.67. The first kappa shape index (κ1) is 10.2. The Morgan fingerprint density at radius 3 is 2.79 bits per heavy atom. The van der Waals surface area contributed by atoms with Crippen LogP contribution >= 0.6 is 27.3 Å². The fourth-order valence-corrected chi connectivity index (χ4v) is 3.71. The van der Waals surface area contributed by atoms with E-state index >= 15 is 0 Å². The molecule has 14 heavy (non-hydrogen) atoms. The molecule has 1 aromatic heterocycles. The Morgan fingerprint density at radius 2 is 2.14 bits per heavy atom. The zero-order chi connectivity index (χ0) is 10.1. The monoisotopic (exact) mass is 268 g/mol. The highest BCUT2D eigenvalue weighted by molar-refractivity contribution is 9.08. The third-order valence-electron chi connectivity index (χ3n) is 2.48. The lowest BCUT2D eigenvalue weighted by atomic mass is 10.1. The molecule has 2 aromatic rings. The minimum Gasteiger partial charge on any atom is -0.140 e. The van der Waals surface area contributed by atoms with E-state index in [1.165, 1.54) is 26.1 Å². The van der Waals surface area contributed by atoms with E-state index in [1.807, 2.05) is 11.3 Å². The fraction of sp³-hybridized carbons (Fsp3) is 0.333. The third kappa shape index (κ3) is 1.61. The highest BCUT2D eigenvalue weighted by atomic mass is 79.9. The van der Waals surface area contributed by atoms with Gasteiger partial charge in [0.1, 0.15) is 0 Å². The average molecular weight is 269 g/mol. The smallest absolute Gasteiger partial charge is 0.0349 e. The lowest BCUT2D eigenvalue weighted by Gasteiger charge is -1.97. The second-order valence-corrected chi connectivity index (χ2v) is 5.19. The summed E-state index contributed by atoms with van der Waals surface area (Å²) in [5, 5.41) is 2.41. The van der Waals surface area contributed by atoms with Crippen LogP contribution in [0.3, 0.4) is 0 Å². The molecular formula is C12H13BrS. The molecule has 2 heteroatoms. The van der Waals surface area contributed by atoms with Crippen molar-refractivity contribution in [1.29, 1.82) is 0 Å². The number of hydrogen-bond acceptors (Lipinski definition) is 1. The number of halogens is 1. The summed E-state index contributed by atoms with van der Waals surface area (Å²) in [5.41, 5.74) is 2.83. The molecule has 0 N–H and O–H groups in total. The quantitative estimate of drug-likeness (QED) is 0.695. The van der Waals surface area contributed by atoms with Crippen molar-refractivity contribution >= 4 is 37.4 Å². The fourth-order valence-electron chi connectivity index (χ4n) is 1.75. The molecular weight excluding hydrogens is 256 g/mol. The number of thiophene rings is 1. The van der Waals surface area contributed by atoms with Gasteiger partial charge in [-0.2, -0.15) is 0 Å². The highest BCUT2D eigenvalue weighted by Crippen LogP contribution is 2.33. The molecule has 2 rings (SSSR count). The maximum atomic E-state index is 3.58. The Morgan fingerprint density at radius 1 is 1.36 bits per heavy atom. The van der Waals surface area contributed by atoms with Crippen LogP contribution in [0.15, 0.2) is 18.2 Å². The predicted molar refractivity (Wildman–Crippen MR) is 68.6 cm³/mol. The summed E-state index contributed by atoms with van der Waals surface area (Å²) in [7, 11) is 0. The van der Waals surface area contributed by atoms with Gasteiger partial charge in [-0.05, 0) is 30.4 Å². The van der Waals surface area contributed by atoms with Gasteiger partial charge < -0.3 is 0 Å². The van der Waals surface area contributed by atoms with Gasteiger partial charge in [-0.3, -0.25) is 0 Å². The lowest BCUT2D eigenvalue weighted by Crippen LogP contribution is -1.81.